The number of hydrogen-bond donors (Lipinski definition) is 3. The minimum atomic E-state index is 0.312. The van der Waals surface area contributed by atoms with Crippen LogP contribution in [0.5, 0.6) is 0 Å². The van der Waals surface area contributed by atoms with E-state index in [9.17, 15) is 5.11 Å². The topological polar surface area (TPSA) is 146 Å². The number of morpholine rings is 1. The summed E-state index contributed by atoms with van der Waals surface area (Å²) in [6, 6.07) is 40.1. The summed E-state index contributed by atoms with van der Waals surface area (Å²) < 4.78 is 14.2. The number of nitrogens with one attached hydrogen (secondary N) is 1. The van der Waals surface area contributed by atoms with E-state index in [0.717, 1.165) is 189 Å². The summed E-state index contributed by atoms with van der Waals surface area (Å²) in [7, 11) is 0. The standard InChI is InChI=1S/C21H24ClN3O.C20H22ClN3O.C18H19ClN4.C18H18ClN3O/c22-18-1-3-19(4-2-18)25-15-17(20-5-9-23-13-21(20)25)14-24-10-6-16(7-11-24)8-12-26;21-17-1-3-18(4-2-17)24-13-16(19-5-8-22-11-20(19)24)12-23-9-6-15(14-25)7-10-23;19-15-1-3-16(4-2-15)23-13-14(12-22-9-7-20-8-10-22)17-5-6-21-11-18(17)23;19-15-1-3-16(4-2-15)22-13-14(12-21-7-9-23-10-8-21)17-5-6-20-11-18(17)22/h1-5,9,13,15-16,26H,6-8,10-12,14H2;1-5,8,11,13,15,25H,6-7,9-10,12,14H2;1-6,11,13,20H,7-10,12H2;1-6,11,13H,7-10,12H2. The molecule has 0 radical (unpaired) electrons. The normalized spacial score (nSPS) is 16.3. The molecule has 8 aromatic heterocycles. The van der Waals surface area contributed by atoms with Crippen LogP contribution in [-0.2, 0) is 30.9 Å². The summed E-state index contributed by atoms with van der Waals surface area (Å²) in [5, 5.41) is 29.9. The maximum Gasteiger partial charge on any atom is 0.0715 e. The Balaban J connectivity index is 0.000000117. The van der Waals surface area contributed by atoms with Crippen LogP contribution in [0, 0.1) is 11.8 Å². The van der Waals surface area contributed by atoms with E-state index in [4.69, 9.17) is 56.2 Å². The second-order valence-corrected chi connectivity index (χ2v) is 27.4. The monoisotopic (exact) mass is 1380 g/mol. The van der Waals surface area contributed by atoms with Crippen molar-refractivity contribution in [3.05, 3.63) is 238 Å². The number of aromatic nitrogens is 8. The van der Waals surface area contributed by atoms with E-state index in [-0.39, 0.29) is 0 Å². The lowest BCUT2D eigenvalue weighted by Gasteiger charge is -2.31. The molecule has 0 atom stereocenters. The molecule has 12 aromatic rings. The van der Waals surface area contributed by atoms with Gasteiger partial charge in [-0.25, -0.2) is 0 Å². The van der Waals surface area contributed by atoms with Crippen molar-refractivity contribution < 1.29 is 14.9 Å². The predicted molar refractivity (Wildman–Crippen MR) is 393 cm³/mol. The van der Waals surface area contributed by atoms with E-state index in [2.05, 4.69) is 112 Å². The zero-order valence-corrected chi connectivity index (χ0v) is 57.6. The predicted octanol–water partition coefficient (Wildman–Crippen LogP) is 14.8. The highest BCUT2D eigenvalue weighted by Crippen LogP contribution is 2.33. The van der Waals surface area contributed by atoms with Crippen LogP contribution in [0.1, 0.15) is 54.4 Å². The minimum Gasteiger partial charge on any atom is -0.396 e. The van der Waals surface area contributed by atoms with Gasteiger partial charge in [-0.3, -0.25) is 39.5 Å². The highest BCUT2D eigenvalue weighted by Gasteiger charge is 2.24. The van der Waals surface area contributed by atoms with Crippen molar-refractivity contribution in [2.24, 2.45) is 11.8 Å². The van der Waals surface area contributed by atoms with E-state index in [1.165, 1.54) is 56.6 Å². The minimum absolute atomic E-state index is 0.312. The fourth-order valence-corrected chi connectivity index (χ4v) is 14.4. The van der Waals surface area contributed by atoms with Crippen molar-refractivity contribution in [2.45, 2.75) is 58.3 Å². The average molecular weight is 1380 g/mol. The molecule has 16 nitrogen and oxygen atoms in total. The summed E-state index contributed by atoms with van der Waals surface area (Å²) in [6.45, 7) is 16.6. The molecular formula is C77H83Cl4N13O3. The smallest absolute Gasteiger partial charge is 0.0715 e. The van der Waals surface area contributed by atoms with Gasteiger partial charge >= 0.3 is 0 Å². The third kappa shape index (κ3) is 17.0. The molecule has 4 aliphatic rings. The molecule has 0 aliphatic carbocycles. The van der Waals surface area contributed by atoms with Gasteiger partial charge in [-0.1, -0.05) is 46.4 Å². The van der Waals surface area contributed by atoms with Gasteiger partial charge < -0.3 is 38.5 Å². The van der Waals surface area contributed by atoms with Crippen LogP contribution in [0.4, 0.5) is 0 Å². The lowest BCUT2D eigenvalue weighted by Crippen LogP contribution is -2.42. The number of ether oxygens (including phenoxy) is 1. The quantitative estimate of drug-likeness (QED) is 0.0898. The lowest BCUT2D eigenvalue weighted by molar-refractivity contribution is 0.0343. The van der Waals surface area contributed by atoms with Gasteiger partial charge in [0, 0.05) is 193 Å². The van der Waals surface area contributed by atoms with Gasteiger partial charge in [0.25, 0.3) is 0 Å². The van der Waals surface area contributed by atoms with Gasteiger partial charge in [-0.15, -0.1) is 0 Å². The summed E-state index contributed by atoms with van der Waals surface area (Å²) in [5.41, 5.74) is 14.2. The third-order valence-corrected chi connectivity index (χ3v) is 20.3. The van der Waals surface area contributed by atoms with E-state index in [0.29, 0.717) is 25.0 Å². The van der Waals surface area contributed by atoms with Gasteiger partial charge in [-0.2, -0.15) is 0 Å². The fraction of sp³-hybridized carbons (Fsp3) is 0.325. The lowest BCUT2D eigenvalue weighted by atomic mass is 9.94. The molecule has 97 heavy (non-hydrogen) atoms. The molecule has 0 bridgehead atoms. The number of hydrogen-bond acceptors (Lipinski definition) is 12. The molecule has 502 valence electrons. The molecule has 4 saturated heterocycles. The van der Waals surface area contributed by atoms with Crippen LogP contribution in [0.25, 0.3) is 66.4 Å². The number of piperidine rings is 2. The molecule has 4 aromatic carbocycles. The summed E-state index contributed by atoms with van der Waals surface area (Å²) in [6.07, 6.45) is 29.5. The Morgan fingerprint density at radius 1 is 0.371 bits per heavy atom. The Morgan fingerprint density at radius 3 is 0.959 bits per heavy atom. The summed E-state index contributed by atoms with van der Waals surface area (Å²) in [4.78, 5) is 27.2. The first-order chi connectivity index (χ1) is 47.6. The van der Waals surface area contributed by atoms with Crippen LogP contribution < -0.4 is 5.32 Å². The highest BCUT2D eigenvalue weighted by atomic mass is 35.5. The van der Waals surface area contributed by atoms with Crippen molar-refractivity contribution in [2.75, 3.05) is 91.9 Å². The zero-order chi connectivity index (χ0) is 66.5. The number of pyridine rings is 4. The molecule has 3 N–H and O–H groups in total. The Kier molecular flexibility index (Phi) is 23.1. The molecule has 0 amide bonds. The summed E-state index contributed by atoms with van der Waals surface area (Å²) >= 11 is 24.1. The molecule has 4 fully saturated rings. The molecule has 0 saturated carbocycles. The molecule has 4 aliphatic heterocycles. The largest absolute Gasteiger partial charge is 0.396 e. The van der Waals surface area contributed by atoms with Crippen molar-refractivity contribution in [3.63, 3.8) is 0 Å². The number of benzene rings is 4. The maximum atomic E-state index is 9.32. The Hall–Kier alpha value is -7.52. The van der Waals surface area contributed by atoms with Gasteiger partial charge in [0.2, 0.25) is 0 Å². The number of piperazine rings is 1. The van der Waals surface area contributed by atoms with Gasteiger partial charge in [0.15, 0.2) is 0 Å². The van der Waals surface area contributed by atoms with Crippen LogP contribution in [-0.4, -0.2) is 160 Å². The third-order valence-electron chi connectivity index (χ3n) is 19.3. The van der Waals surface area contributed by atoms with Crippen LogP contribution >= 0.6 is 46.4 Å². The van der Waals surface area contributed by atoms with E-state index in [1.807, 2.05) is 147 Å². The van der Waals surface area contributed by atoms with Gasteiger partial charge in [0.05, 0.1) is 60.1 Å². The van der Waals surface area contributed by atoms with E-state index in [1.54, 1.807) is 0 Å². The van der Waals surface area contributed by atoms with Gasteiger partial charge in [-0.05, 0) is 214 Å². The van der Waals surface area contributed by atoms with Crippen LogP contribution in [0.3, 0.4) is 0 Å². The number of aliphatic hydroxyl groups excluding tert-OH is 2. The summed E-state index contributed by atoms with van der Waals surface area (Å²) in [5.74, 6) is 1.15. The number of halogens is 4. The number of aliphatic hydroxyl groups is 2. The van der Waals surface area contributed by atoms with Gasteiger partial charge in [0.1, 0.15) is 0 Å². The Bertz CT molecular complexity index is 4330. The number of fused-ring (bicyclic) bond motifs is 4. The average Bonchev–Trinajstić information content (AvgIpc) is 1.67. The SMILES string of the molecule is Clc1ccc(-n2cc(CN3CCNCC3)c3ccncc32)cc1.Clc1ccc(-n2cc(CN3CCOCC3)c3ccncc32)cc1.OCC1CCN(Cc2cn(-c3ccc(Cl)cc3)c3cnccc23)CC1.OCCC1CCN(Cc2cn(-c3ccc(Cl)cc3)c3cnccc23)CC1. The Morgan fingerprint density at radius 2 is 0.660 bits per heavy atom. The molecule has 12 heterocycles. The molecule has 16 rings (SSSR count). The van der Waals surface area contributed by atoms with Crippen molar-refractivity contribution in [1.82, 2.24) is 63.1 Å². The second-order valence-electron chi connectivity index (χ2n) is 25.6. The zero-order valence-electron chi connectivity index (χ0n) is 54.6. The maximum absolute atomic E-state index is 9.32. The number of nitrogens with zero attached hydrogens (tertiary/aromatic N) is 12. The number of likely N-dealkylation sites (tertiary alicyclic amines) is 2. The van der Waals surface area contributed by atoms with Crippen LogP contribution in [0.15, 0.2) is 196 Å². The Labute approximate surface area is 587 Å². The van der Waals surface area contributed by atoms with E-state index >= 15 is 0 Å². The van der Waals surface area contributed by atoms with Crippen LogP contribution in [0.2, 0.25) is 20.1 Å². The molecule has 0 spiro atoms. The van der Waals surface area contributed by atoms with Crippen molar-refractivity contribution in [1.29, 1.82) is 0 Å². The molecule has 20 heteroatoms. The van der Waals surface area contributed by atoms with Crippen molar-refractivity contribution in [3.8, 4) is 22.7 Å². The molecular weight excluding hydrogens is 1300 g/mol. The second kappa shape index (κ2) is 32.9. The van der Waals surface area contributed by atoms with E-state index < -0.39 is 0 Å². The first kappa shape index (κ1) is 68.0. The fourth-order valence-electron chi connectivity index (χ4n) is 13.9. The molecule has 0 unspecified atom stereocenters. The highest BCUT2D eigenvalue weighted by molar-refractivity contribution is 6.31. The van der Waals surface area contributed by atoms with Crippen molar-refractivity contribution >= 4 is 90.0 Å². The number of rotatable bonds is 15. The first-order valence-electron chi connectivity index (χ1n) is 33.8. The first-order valence-corrected chi connectivity index (χ1v) is 35.3.